The third-order valence-electron chi connectivity index (χ3n) is 7.84. The highest BCUT2D eigenvalue weighted by Crippen LogP contribution is 2.30. The maximum absolute atomic E-state index is 14.1. The van der Waals surface area contributed by atoms with E-state index in [1.807, 2.05) is 42.1 Å². The standard InChI is InChI=1S/C29H30FN5O4S/c30-19-14-24-27(32-15-19)34(22-9-11-40-12-10-22)29(38)35(28(24)37)21-7-5-20(6-8-21)33-26(36)17-39-23-13-18-3-1-2-4-25(18)31-16-23/h1-4,13-16,20-22H,5-12,17H2,(H,33,36). The lowest BCUT2D eigenvalue weighted by molar-refractivity contribution is -0.124. The fourth-order valence-corrected chi connectivity index (χ4v) is 6.91. The third kappa shape index (κ3) is 5.34. The topological polar surface area (TPSA) is 108 Å². The van der Waals surface area contributed by atoms with E-state index < -0.39 is 11.4 Å². The quantitative estimate of drug-likeness (QED) is 0.378. The predicted molar refractivity (Wildman–Crippen MR) is 152 cm³/mol. The molecule has 4 heterocycles. The molecule has 208 valence electrons. The van der Waals surface area contributed by atoms with Crippen LogP contribution in [0.5, 0.6) is 5.75 Å². The van der Waals surface area contributed by atoms with Crippen LogP contribution in [0.4, 0.5) is 4.39 Å². The van der Waals surface area contributed by atoms with E-state index in [2.05, 4.69) is 15.3 Å². The minimum atomic E-state index is -0.603. The van der Waals surface area contributed by atoms with Gasteiger partial charge in [0.05, 0.1) is 23.3 Å². The maximum atomic E-state index is 14.1. The number of amides is 1. The Morgan fingerprint density at radius 3 is 2.52 bits per heavy atom. The van der Waals surface area contributed by atoms with Gasteiger partial charge in [0, 0.05) is 23.5 Å². The van der Waals surface area contributed by atoms with Crippen LogP contribution in [0.1, 0.15) is 50.6 Å². The van der Waals surface area contributed by atoms with Crippen molar-refractivity contribution in [2.75, 3.05) is 18.1 Å². The van der Waals surface area contributed by atoms with Crippen molar-refractivity contribution in [3.05, 3.63) is 75.4 Å². The average molecular weight is 564 g/mol. The fraction of sp³-hybridized carbons (Fsp3) is 0.414. The first-order chi connectivity index (χ1) is 19.5. The van der Waals surface area contributed by atoms with Crippen LogP contribution in [0.15, 0.2) is 58.4 Å². The molecule has 2 aliphatic rings. The fourth-order valence-electron chi connectivity index (χ4n) is 5.83. The molecule has 0 unspecified atom stereocenters. The number of para-hydroxylation sites is 1. The van der Waals surface area contributed by atoms with E-state index >= 15 is 0 Å². The number of carbonyl (C=O) groups is 1. The summed E-state index contributed by atoms with van der Waals surface area (Å²) in [5.41, 5.74) is 0.233. The van der Waals surface area contributed by atoms with Gasteiger partial charge in [-0.2, -0.15) is 11.8 Å². The van der Waals surface area contributed by atoms with E-state index in [-0.39, 0.29) is 47.4 Å². The Morgan fingerprint density at radius 2 is 1.73 bits per heavy atom. The number of carbonyl (C=O) groups excluding carboxylic acids is 1. The summed E-state index contributed by atoms with van der Waals surface area (Å²) < 4.78 is 22.7. The van der Waals surface area contributed by atoms with Gasteiger partial charge < -0.3 is 10.1 Å². The third-order valence-corrected chi connectivity index (χ3v) is 8.89. The zero-order valence-corrected chi connectivity index (χ0v) is 22.7. The van der Waals surface area contributed by atoms with Crippen LogP contribution in [0.3, 0.4) is 0 Å². The molecule has 2 fully saturated rings. The van der Waals surface area contributed by atoms with Crippen molar-refractivity contribution in [1.82, 2.24) is 24.4 Å². The van der Waals surface area contributed by atoms with E-state index in [0.29, 0.717) is 31.4 Å². The molecule has 1 aromatic carbocycles. The van der Waals surface area contributed by atoms with Gasteiger partial charge in [0.25, 0.3) is 11.5 Å². The van der Waals surface area contributed by atoms with Gasteiger partial charge in [-0.05, 0) is 68.2 Å². The first-order valence-corrected chi connectivity index (χ1v) is 14.8. The van der Waals surface area contributed by atoms with Crippen LogP contribution >= 0.6 is 11.8 Å². The number of halogens is 1. The van der Waals surface area contributed by atoms with Crippen LogP contribution in [-0.4, -0.2) is 49.2 Å². The Balaban J connectivity index is 1.14. The first kappa shape index (κ1) is 26.5. The summed E-state index contributed by atoms with van der Waals surface area (Å²) in [5.74, 6) is 1.52. The van der Waals surface area contributed by atoms with Crippen LogP contribution < -0.4 is 21.3 Å². The number of fused-ring (bicyclic) bond motifs is 2. The summed E-state index contributed by atoms with van der Waals surface area (Å²) in [6.07, 6.45) is 6.57. The number of thioether (sulfide) groups is 1. The number of hydrogen-bond acceptors (Lipinski definition) is 7. The van der Waals surface area contributed by atoms with Gasteiger partial charge in [0.1, 0.15) is 17.2 Å². The van der Waals surface area contributed by atoms with Gasteiger partial charge in [0.15, 0.2) is 6.61 Å². The van der Waals surface area contributed by atoms with Crippen molar-refractivity contribution < 1.29 is 13.9 Å². The molecular weight excluding hydrogens is 533 g/mol. The van der Waals surface area contributed by atoms with Crippen molar-refractivity contribution in [3.63, 3.8) is 0 Å². The number of pyridine rings is 2. The van der Waals surface area contributed by atoms with Crippen molar-refractivity contribution in [1.29, 1.82) is 0 Å². The molecular formula is C29H30FN5O4S. The van der Waals surface area contributed by atoms with E-state index in [9.17, 15) is 18.8 Å². The van der Waals surface area contributed by atoms with Crippen LogP contribution in [0.25, 0.3) is 21.9 Å². The number of aromatic nitrogens is 4. The highest BCUT2D eigenvalue weighted by Gasteiger charge is 2.29. The second-order valence-corrected chi connectivity index (χ2v) is 11.6. The molecule has 1 saturated heterocycles. The van der Waals surface area contributed by atoms with E-state index in [4.69, 9.17) is 4.74 Å². The monoisotopic (exact) mass is 563 g/mol. The summed E-state index contributed by atoms with van der Waals surface area (Å²) in [6.45, 7) is -0.132. The molecule has 1 aliphatic carbocycles. The van der Waals surface area contributed by atoms with Gasteiger partial charge in [-0.25, -0.2) is 14.2 Å². The molecule has 0 radical (unpaired) electrons. The van der Waals surface area contributed by atoms with E-state index in [1.165, 1.54) is 10.6 Å². The number of nitrogens with one attached hydrogen (secondary N) is 1. The summed E-state index contributed by atoms with van der Waals surface area (Å²) >= 11 is 1.84. The van der Waals surface area contributed by atoms with Gasteiger partial charge in [-0.15, -0.1) is 0 Å². The lowest BCUT2D eigenvalue weighted by Crippen LogP contribution is -2.47. The Morgan fingerprint density at radius 1 is 0.975 bits per heavy atom. The SMILES string of the molecule is O=C(COc1cnc2ccccc2c1)NC1CCC(n2c(=O)c3cc(F)cnc3n(C3CCSCC3)c2=O)CC1. The number of ether oxygens (including phenoxy) is 1. The summed E-state index contributed by atoms with van der Waals surface area (Å²) in [6, 6.07) is 10.2. The second-order valence-electron chi connectivity index (χ2n) is 10.4. The number of hydrogen-bond donors (Lipinski definition) is 1. The molecule has 6 rings (SSSR count). The lowest BCUT2D eigenvalue weighted by atomic mass is 9.91. The molecule has 1 N–H and O–H groups in total. The Labute approximate surface area is 233 Å². The Hall–Kier alpha value is -3.73. The molecule has 1 saturated carbocycles. The van der Waals surface area contributed by atoms with Gasteiger partial charge in [-0.1, -0.05) is 18.2 Å². The molecule has 3 aromatic heterocycles. The van der Waals surface area contributed by atoms with Gasteiger partial charge in [0.2, 0.25) is 0 Å². The van der Waals surface area contributed by atoms with Crippen molar-refractivity contribution in [3.8, 4) is 5.75 Å². The minimum Gasteiger partial charge on any atom is -0.482 e. The normalized spacial score (nSPS) is 20.0. The molecule has 1 aliphatic heterocycles. The summed E-state index contributed by atoms with van der Waals surface area (Å²) in [7, 11) is 0. The molecule has 40 heavy (non-hydrogen) atoms. The number of rotatable bonds is 6. The largest absolute Gasteiger partial charge is 0.482 e. The van der Waals surface area contributed by atoms with Crippen LogP contribution in [-0.2, 0) is 4.79 Å². The molecule has 0 spiro atoms. The minimum absolute atomic E-state index is 0.0745. The predicted octanol–water partition coefficient (Wildman–Crippen LogP) is 3.99. The molecule has 1 amide bonds. The Bertz CT molecular complexity index is 1680. The van der Waals surface area contributed by atoms with Gasteiger partial charge in [-0.3, -0.25) is 23.7 Å². The van der Waals surface area contributed by atoms with Gasteiger partial charge >= 0.3 is 5.69 Å². The molecule has 11 heteroatoms. The lowest BCUT2D eigenvalue weighted by Gasteiger charge is -2.31. The number of nitrogens with zero attached hydrogens (tertiary/aromatic N) is 4. The zero-order valence-electron chi connectivity index (χ0n) is 21.9. The van der Waals surface area contributed by atoms with E-state index in [1.54, 1.807) is 10.8 Å². The van der Waals surface area contributed by atoms with Crippen molar-refractivity contribution in [2.24, 2.45) is 0 Å². The van der Waals surface area contributed by atoms with Crippen molar-refractivity contribution >= 4 is 39.6 Å². The van der Waals surface area contributed by atoms with Crippen LogP contribution in [0, 0.1) is 5.82 Å². The maximum Gasteiger partial charge on any atom is 0.333 e. The van der Waals surface area contributed by atoms with Crippen molar-refractivity contribution in [2.45, 2.75) is 56.7 Å². The molecule has 0 atom stereocenters. The zero-order chi connectivity index (χ0) is 27.6. The molecule has 4 aromatic rings. The number of benzene rings is 1. The Kier molecular flexibility index (Phi) is 7.55. The summed E-state index contributed by atoms with van der Waals surface area (Å²) in [5, 5.41) is 4.08. The van der Waals surface area contributed by atoms with E-state index in [0.717, 1.165) is 41.4 Å². The smallest absolute Gasteiger partial charge is 0.333 e. The molecule has 0 bridgehead atoms. The van der Waals surface area contributed by atoms with Crippen LogP contribution in [0.2, 0.25) is 0 Å². The second kappa shape index (κ2) is 11.4. The first-order valence-electron chi connectivity index (χ1n) is 13.6. The molecule has 9 nitrogen and oxygen atoms in total. The highest BCUT2D eigenvalue weighted by molar-refractivity contribution is 7.99. The average Bonchev–Trinajstić information content (AvgIpc) is 2.98. The summed E-state index contributed by atoms with van der Waals surface area (Å²) in [4.78, 5) is 48.3. The highest BCUT2D eigenvalue weighted by atomic mass is 32.2.